The molecule has 1 aliphatic heterocycles. The summed E-state index contributed by atoms with van der Waals surface area (Å²) in [6.45, 7) is 13.7. The lowest BCUT2D eigenvalue weighted by atomic mass is 10.1. The van der Waals surface area contributed by atoms with E-state index in [0.717, 1.165) is 50.8 Å². The van der Waals surface area contributed by atoms with E-state index in [1.165, 1.54) is 0 Å². The second kappa shape index (κ2) is 11.7. The summed E-state index contributed by atoms with van der Waals surface area (Å²) in [6, 6.07) is 5.57. The highest BCUT2D eigenvalue weighted by atomic mass is 19.1. The molecule has 8 heteroatoms. The van der Waals surface area contributed by atoms with Gasteiger partial charge in [-0.3, -0.25) is 14.7 Å². The molecule has 0 unspecified atom stereocenters. The van der Waals surface area contributed by atoms with Crippen molar-refractivity contribution >= 4 is 17.6 Å². The van der Waals surface area contributed by atoms with Crippen LogP contribution < -0.4 is 15.5 Å². The normalized spacial score (nSPS) is 15.4. The van der Waals surface area contributed by atoms with E-state index in [4.69, 9.17) is 0 Å². The van der Waals surface area contributed by atoms with Crippen LogP contribution >= 0.6 is 0 Å². The van der Waals surface area contributed by atoms with E-state index in [2.05, 4.69) is 25.4 Å². The Labute approximate surface area is 180 Å². The van der Waals surface area contributed by atoms with E-state index in [1.807, 2.05) is 44.7 Å². The summed E-state index contributed by atoms with van der Waals surface area (Å²) < 4.78 is 14.5. The third-order valence-corrected chi connectivity index (χ3v) is 5.27. The summed E-state index contributed by atoms with van der Waals surface area (Å²) >= 11 is 0. The van der Waals surface area contributed by atoms with Crippen LogP contribution in [0.25, 0.3) is 0 Å². The Morgan fingerprint density at radius 1 is 1.20 bits per heavy atom. The summed E-state index contributed by atoms with van der Waals surface area (Å²) in [5.74, 6) is 0.673. The van der Waals surface area contributed by atoms with Crippen molar-refractivity contribution in [3.05, 3.63) is 29.6 Å². The fourth-order valence-corrected chi connectivity index (χ4v) is 3.68. The topological polar surface area (TPSA) is 63.2 Å². The van der Waals surface area contributed by atoms with Crippen molar-refractivity contribution in [1.82, 2.24) is 20.4 Å². The van der Waals surface area contributed by atoms with Crippen LogP contribution in [0.2, 0.25) is 0 Å². The quantitative estimate of drug-likeness (QED) is 0.497. The van der Waals surface area contributed by atoms with Crippen LogP contribution in [0.1, 0.15) is 33.3 Å². The highest BCUT2D eigenvalue weighted by molar-refractivity contribution is 5.80. The van der Waals surface area contributed by atoms with Gasteiger partial charge in [0.1, 0.15) is 5.82 Å². The van der Waals surface area contributed by atoms with Crippen molar-refractivity contribution in [3.8, 4) is 0 Å². The second-order valence-electron chi connectivity index (χ2n) is 7.84. The molecule has 0 atom stereocenters. The lowest BCUT2D eigenvalue weighted by Gasteiger charge is -2.36. The summed E-state index contributed by atoms with van der Waals surface area (Å²) in [4.78, 5) is 22.7. The van der Waals surface area contributed by atoms with E-state index >= 15 is 0 Å². The van der Waals surface area contributed by atoms with Gasteiger partial charge in [0.2, 0.25) is 5.91 Å². The number of benzene rings is 1. The molecule has 1 fully saturated rings. The van der Waals surface area contributed by atoms with Gasteiger partial charge in [0, 0.05) is 58.9 Å². The molecule has 0 aromatic heterocycles. The minimum absolute atomic E-state index is 0.0659. The van der Waals surface area contributed by atoms with Gasteiger partial charge in [0.25, 0.3) is 0 Å². The molecule has 1 saturated heterocycles. The van der Waals surface area contributed by atoms with Crippen molar-refractivity contribution in [3.63, 3.8) is 0 Å². The minimum atomic E-state index is -0.193. The first-order chi connectivity index (χ1) is 14.4. The van der Waals surface area contributed by atoms with Gasteiger partial charge in [-0.05, 0) is 45.4 Å². The van der Waals surface area contributed by atoms with Crippen molar-refractivity contribution in [2.45, 2.75) is 40.3 Å². The zero-order valence-corrected chi connectivity index (χ0v) is 19.0. The van der Waals surface area contributed by atoms with Crippen LogP contribution in [0.3, 0.4) is 0 Å². The zero-order valence-electron chi connectivity index (χ0n) is 19.0. The molecule has 1 amide bonds. The molecule has 7 nitrogen and oxygen atoms in total. The van der Waals surface area contributed by atoms with Gasteiger partial charge in [0.05, 0.1) is 12.2 Å². The highest BCUT2D eigenvalue weighted by Crippen LogP contribution is 2.20. The fourth-order valence-electron chi connectivity index (χ4n) is 3.68. The number of guanidine groups is 1. The third-order valence-electron chi connectivity index (χ3n) is 5.27. The summed E-state index contributed by atoms with van der Waals surface area (Å²) in [5, 5.41) is 6.27. The molecule has 1 aliphatic rings. The Kier molecular flexibility index (Phi) is 9.36. The van der Waals surface area contributed by atoms with Crippen LogP contribution in [-0.2, 0) is 11.3 Å². The number of hydrogen-bond donors (Lipinski definition) is 2. The third kappa shape index (κ3) is 6.86. The Balaban J connectivity index is 1.86. The Hall–Kier alpha value is -2.35. The minimum Gasteiger partial charge on any atom is -0.370 e. The zero-order chi connectivity index (χ0) is 22.1. The molecule has 0 bridgehead atoms. The van der Waals surface area contributed by atoms with E-state index < -0.39 is 0 Å². The van der Waals surface area contributed by atoms with Gasteiger partial charge in [0.15, 0.2) is 5.96 Å². The number of piperazine rings is 1. The Morgan fingerprint density at radius 3 is 2.40 bits per heavy atom. The predicted molar refractivity (Wildman–Crippen MR) is 121 cm³/mol. The summed E-state index contributed by atoms with van der Waals surface area (Å²) in [6.07, 6.45) is 0. The first-order valence-electron chi connectivity index (χ1n) is 10.9. The van der Waals surface area contributed by atoms with Gasteiger partial charge in [-0.1, -0.05) is 6.07 Å². The molecule has 1 aromatic carbocycles. The maximum Gasteiger partial charge on any atom is 0.234 e. The molecular formula is C22H37FN6O. The molecule has 0 spiro atoms. The number of aliphatic imine (C=N–C) groups is 1. The van der Waals surface area contributed by atoms with Crippen LogP contribution in [0, 0.1) is 5.82 Å². The van der Waals surface area contributed by atoms with Gasteiger partial charge >= 0.3 is 0 Å². The number of carbonyl (C=O) groups is 1. The average molecular weight is 421 g/mol. The lowest BCUT2D eigenvalue weighted by Crippen LogP contribution is -2.54. The molecule has 2 rings (SSSR count). The molecule has 0 radical (unpaired) electrons. The van der Waals surface area contributed by atoms with Gasteiger partial charge in [-0.15, -0.1) is 0 Å². The maximum atomic E-state index is 14.5. The second-order valence-corrected chi connectivity index (χ2v) is 7.84. The first-order valence-corrected chi connectivity index (χ1v) is 10.9. The van der Waals surface area contributed by atoms with E-state index in [9.17, 15) is 9.18 Å². The smallest absolute Gasteiger partial charge is 0.234 e. The van der Waals surface area contributed by atoms with E-state index in [-0.39, 0.29) is 17.8 Å². The summed E-state index contributed by atoms with van der Waals surface area (Å²) in [7, 11) is 1.76. The number of carbonyl (C=O) groups excluding carboxylic acids is 1. The molecule has 1 heterocycles. The largest absolute Gasteiger partial charge is 0.370 e. The monoisotopic (exact) mass is 420 g/mol. The number of amides is 1. The van der Waals surface area contributed by atoms with E-state index in [1.54, 1.807) is 13.1 Å². The molecular weight excluding hydrogens is 383 g/mol. The fraction of sp³-hybridized carbons (Fsp3) is 0.636. The predicted octanol–water partition coefficient (Wildman–Crippen LogP) is 1.89. The maximum absolute atomic E-state index is 14.5. The summed E-state index contributed by atoms with van der Waals surface area (Å²) in [5.41, 5.74) is 1.53. The van der Waals surface area contributed by atoms with E-state index in [0.29, 0.717) is 18.8 Å². The molecule has 30 heavy (non-hydrogen) atoms. The number of anilines is 1. The molecule has 0 saturated carbocycles. The lowest BCUT2D eigenvalue weighted by molar-refractivity contribution is -0.123. The molecule has 1 aromatic rings. The van der Waals surface area contributed by atoms with Crippen LogP contribution in [0.5, 0.6) is 0 Å². The number of hydrogen-bond acceptors (Lipinski definition) is 4. The number of nitrogens with one attached hydrogen (secondary N) is 2. The highest BCUT2D eigenvalue weighted by Gasteiger charge is 2.21. The number of nitrogens with zero attached hydrogens (tertiary/aromatic N) is 4. The molecule has 168 valence electrons. The molecule has 0 aliphatic carbocycles. The van der Waals surface area contributed by atoms with Crippen molar-refractivity contribution < 1.29 is 9.18 Å². The Morgan fingerprint density at radius 2 is 1.87 bits per heavy atom. The van der Waals surface area contributed by atoms with Gasteiger partial charge < -0.3 is 20.4 Å². The van der Waals surface area contributed by atoms with Crippen LogP contribution in [0.15, 0.2) is 23.2 Å². The van der Waals surface area contributed by atoms with Gasteiger partial charge in [-0.25, -0.2) is 4.39 Å². The van der Waals surface area contributed by atoms with Crippen molar-refractivity contribution in [2.24, 2.45) is 4.99 Å². The van der Waals surface area contributed by atoms with Crippen LogP contribution in [0.4, 0.5) is 10.1 Å². The standard InChI is InChI=1S/C22H37FN6O/c1-6-28(7-2)20-9-8-18(14-19(20)23)15-25-22(24-5)29-12-10-27(11-13-29)16-21(30)26-17(3)4/h8-9,14,17H,6-7,10-13,15-16H2,1-5H3,(H,24,25)(H,26,30). The molecule has 2 N–H and O–H groups in total. The Bertz CT molecular complexity index is 712. The van der Waals surface area contributed by atoms with Crippen molar-refractivity contribution in [2.75, 3.05) is 57.8 Å². The van der Waals surface area contributed by atoms with Crippen molar-refractivity contribution in [1.29, 1.82) is 0 Å². The average Bonchev–Trinajstić information content (AvgIpc) is 2.71. The SMILES string of the molecule is CCN(CC)c1ccc(CNC(=NC)N2CCN(CC(=O)NC(C)C)CC2)cc1F. The number of halogens is 1. The number of rotatable bonds is 8. The first kappa shape index (κ1) is 23.9. The van der Waals surface area contributed by atoms with Crippen LogP contribution in [-0.4, -0.2) is 80.6 Å². The van der Waals surface area contributed by atoms with Gasteiger partial charge in [-0.2, -0.15) is 0 Å².